The number of amides is 1. The summed E-state index contributed by atoms with van der Waals surface area (Å²) in [5.41, 5.74) is 1.93. The molecule has 1 aliphatic heterocycles. The molecule has 7 nitrogen and oxygen atoms in total. The fourth-order valence-corrected chi connectivity index (χ4v) is 3.00. The molecule has 1 aromatic carbocycles. The van der Waals surface area contributed by atoms with Gasteiger partial charge in [0.15, 0.2) is 11.6 Å². The first-order chi connectivity index (χ1) is 12.3. The van der Waals surface area contributed by atoms with E-state index in [1.165, 1.54) is 6.21 Å². The molecular formula is C18H16N6O. The van der Waals surface area contributed by atoms with Crippen LogP contribution in [0.4, 0.5) is 0 Å². The van der Waals surface area contributed by atoms with E-state index in [1.807, 2.05) is 34.9 Å². The van der Waals surface area contributed by atoms with E-state index in [0.717, 1.165) is 17.3 Å². The molecule has 3 heterocycles. The van der Waals surface area contributed by atoms with Crippen LogP contribution >= 0.6 is 0 Å². The normalized spacial score (nSPS) is 13.4. The molecule has 0 saturated carbocycles. The lowest BCUT2D eigenvalue weighted by atomic mass is 10.1. The van der Waals surface area contributed by atoms with Crippen LogP contribution < -0.4 is 0 Å². The SMILES string of the molecule is N=Cc1ccccc1C(=O)N1CCn2c(nnc2-c2ccccn2)C1. The Morgan fingerprint density at radius 1 is 1.08 bits per heavy atom. The number of benzene rings is 1. The summed E-state index contributed by atoms with van der Waals surface area (Å²) >= 11 is 0. The third kappa shape index (κ3) is 2.69. The van der Waals surface area contributed by atoms with Gasteiger partial charge in [-0.25, -0.2) is 0 Å². The van der Waals surface area contributed by atoms with Gasteiger partial charge >= 0.3 is 0 Å². The van der Waals surface area contributed by atoms with Gasteiger partial charge in [0.2, 0.25) is 0 Å². The maximum atomic E-state index is 12.8. The molecule has 0 saturated heterocycles. The molecule has 0 aliphatic carbocycles. The number of aromatic nitrogens is 4. The molecule has 2 aromatic heterocycles. The summed E-state index contributed by atoms with van der Waals surface area (Å²) in [5.74, 6) is 1.38. The van der Waals surface area contributed by atoms with Crippen molar-refractivity contribution in [3.8, 4) is 11.5 Å². The minimum atomic E-state index is -0.0901. The summed E-state index contributed by atoms with van der Waals surface area (Å²) in [7, 11) is 0. The highest BCUT2D eigenvalue weighted by Gasteiger charge is 2.26. The largest absolute Gasteiger partial charge is 0.329 e. The van der Waals surface area contributed by atoms with E-state index in [2.05, 4.69) is 15.2 Å². The first kappa shape index (κ1) is 15.2. The Hall–Kier alpha value is -3.35. The Labute approximate surface area is 144 Å². The Morgan fingerprint density at radius 2 is 1.92 bits per heavy atom. The summed E-state index contributed by atoms with van der Waals surface area (Å²) < 4.78 is 2.01. The van der Waals surface area contributed by atoms with Gasteiger partial charge in [0.25, 0.3) is 5.91 Å². The molecule has 4 rings (SSSR count). The first-order valence-electron chi connectivity index (χ1n) is 8.00. The maximum absolute atomic E-state index is 12.8. The summed E-state index contributed by atoms with van der Waals surface area (Å²) in [6, 6.07) is 12.8. The molecule has 3 aromatic rings. The lowest BCUT2D eigenvalue weighted by molar-refractivity contribution is 0.0708. The van der Waals surface area contributed by atoms with Gasteiger partial charge in [-0.3, -0.25) is 9.78 Å². The smallest absolute Gasteiger partial charge is 0.254 e. The van der Waals surface area contributed by atoms with Crippen LogP contribution in [0.25, 0.3) is 11.5 Å². The fraction of sp³-hybridized carbons (Fsp3) is 0.167. The Morgan fingerprint density at radius 3 is 2.72 bits per heavy atom. The van der Waals surface area contributed by atoms with E-state index in [0.29, 0.717) is 30.8 Å². The lowest BCUT2D eigenvalue weighted by Crippen LogP contribution is -2.39. The monoisotopic (exact) mass is 332 g/mol. The van der Waals surface area contributed by atoms with Gasteiger partial charge < -0.3 is 14.9 Å². The van der Waals surface area contributed by atoms with Crippen molar-refractivity contribution in [1.82, 2.24) is 24.6 Å². The second kappa shape index (κ2) is 6.27. The standard InChI is InChI=1S/C18H16N6O/c19-11-13-5-1-2-6-14(13)18(25)23-9-10-24-16(12-23)21-22-17(24)15-7-3-4-8-20-15/h1-8,11,19H,9-10,12H2. The van der Waals surface area contributed by atoms with Crippen LogP contribution in [0, 0.1) is 5.41 Å². The minimum Gasteiger partial charge on any atom is -0.329 e. The van der Waals surface area contributed by atoms with Gasteiger partial charge in [0, 0.05) is 36.6 Å². The average molecular weight is 332 g/mol. The Balaban J connectivity index is 1.61. The maximum Gasteiger partial charge on any atom is 0.254 e. The highest BCUT2D eigenvalue weighted by Crippen LogP contribution is 2.21. The molecule has 1 amide bonds. The van der Waals surface area contributed by atoms with Gasteiger partial charge in [-0.1, -0.05) is 24.3 Å². The van der Waals surface area contributed by atoms with Crippen molar-refractivity contribution in [2.75, 3.05) is 6.54 Å². The number of rotatable bonds is 3. The number of fused-ring (bicyclic) bond motifs is 1. The molecule has 25 heavy (non-hydrogen) atoms. The molecule has 0 unspecified atom stereocenters. The van der Waals surface area contributed by atoms with Crippen LogP contribution in [0.5, 0.6) is 0 Å². The molecule has 0 atom stereocenters. The van der Waals surface area contributed by atoms with E-state index in [1.54, 1.807) is 23.2 Å². The van der Waals surface area contributed by atoms with Crippen molar-refractivity contribution in [2.24, 2.45) is 0 Å². The number of hydrogen-bond donors (Lipinski definition) is 1. The molecule has 7 heteroatoms. The van der Waals surface area contributed by atoms with Crippen molar-refractivity contribution >= 4 is 12.1 Å². The van der Waals surface area contributed by atoms with Gasteiger partial charge in [-0.15, -0.1) is 10.2 Å². The van der Waals surface area contributed by atoms with Crippen molar-refractivity contribution in [3.05, 3.63) is 65.6 Å². The summed E-state index contributed by atoms with van der Waals surface area (Å²) in [6.45, 7) is 1.58. The third-order valence-electron chi connectivity index (χ3n) is 4.28. The minimum absolute atomic E-state index is 0.0901. The highest BCUT2D eigenvalue weighted by atomic mass is 16.2. The van der Waals surface area contributed by atoms with Crippen LogP contribution in [-0.2, 0) is 13.1 Å². The zero-order valence-electron chi connectivity index (χ0n) is 13.5. The Kier molecular flexibility index (Phi) is 3.81. The average Bonchev–Trinajstić information content (AvgIpc) is 3.11. The van der Waals surface area contributed by atoms with Gasteiger partial charge in [0.1, 0.15) is 5.69 Å². The second-order valence-corrected chi connectivity index (χ2v) is 5.76. The van der Waals surface area contributed by atoms with E-state index in [-0.39, 0.29) is 5.91 Å². The van der Waals surface area contributed by atoms with Crippen LogP contribution in [0.2, 0.25) is 0 Å². The van der Waals surface area contributed by atoms with Crippen LogP contribution in [-0.4, -0.2) is 43.3 Å². The topological polar surface area (TPSA) is 87.8 Å². The summed E-state index contributed by atoms with van der Waals surface area (Å²) in [6.07, 6.45) is 2.93. The number of carbonyl (C=O) groups excluding carboxylic acids is 1. The van der Waals surface area contributed by atoms with Crippen LogP contribution in [0.1, 0.15) is 21.7 Å². The number of carbonyl (C=O) groups is 1. The van der Waals surface area contributed by atoms with E-state index < -0.39 is 0 Å². The van der Waals surface area contributed by atoms with E-state index >= 15 is 0 Å². The molecule has 0 radical (unpaired) electrons. The molecule has 0 fully saturated rings. The molecule has 0 bridgehead atoms. The lowest BCUT2D eigenvalue weighted by Gasteiger charge is -2.28. The molecule has 0 spiro atoms. The number of nitrogens with one attached hydrogen (secondary N) is 1. The predicted molar refractivity (Wildman–Crippen MR) is 92.3 cm³/mol. The number of hydrogen-bond acceptors (Lipinski definition) is 5. The Bertz CT molecular complexity index is 934. The van der Waals surface area contributed by atoms with Crippen molar-refractivity contribution < 1.29 is 4.79 Å². The fourth-order valence-electron chi connectivity index (χ4n) is 3.00. The predicted octanol–water partition coefficient (Wildman–Crippen LogP) is 1.99. The van der Waals surface area contributed by atoms with Gasteiger partial charge in [-0.2, -0.15) is 0 Å². The molecule has 124 valence electrons. The van der Waals surface area contributed by atoms with Crippen molar-refractivity contribution in [1.29, 1.82) is 5.41 Å². The molecule has 1 aliphatic rings. The number of pyridine rings is 1. The zero-order valence-corrected chi connectivity index (χ0v) is 13.5. The molecular weight excluding hydrogens is 316 g/mol. The number of nitrogens with zero attached hydrogens (tertiary/aromatic N) is 5. The van der Waals surface area contributed by atoms with Gasteiger partial charge in [0.05, 0.1) is 6.54 Å². The van der Waals surface area contributed by atoms with Crippen LogP contribution in [0.3, 0.4) is 0 Å². The second-order valence-electron chi connectivity index (χ2n) is 5.76. The van der Waals surface area contributed by atoms with E-state index in [9.17, 15) is 4.79 Å². The third-order valence-corrected chi connectivity index (χ3v) is 4.28. The van der Waals surface area contributed by atoms with Gasteiger partial charge in [-0.05, 0) is 18.2 Å². The van der Waals surface area contributed by atoms with Crippen molar-refractivity contribution in [2.45, 2.75) is 13.1 Å². The van der Waals surface area contributed by atoms with E-state index in [4.69, 9.17) is 5.41 Å². The van der Waals surface area contributed by atoms with Crippen molar-refractivity contribution in [3.63, 3.8) is 0 Å². The van der Waals surface area contributed by atoms with Crippen LogP contribution in [0.15, 0.2) is 48.7 Å². The summed E-state index contributed by atoms with van der Waals surface area (Å²) in [4.78, 5) is 18.9. The first-order valence-corrected chi connectivity index (χ1v) is 8.00. The quantitative estimate of drug-likeness (QED) is 0.743. The molecule has 1 N–H and O–H groups in total. The highest BCUT2D eigenvalue weighted by molar-refractivity contribution is 6.01. The zero-order chi connectivity index (χ0) is 17.2. The summed E-state index contributed by atoms with van der Waals surface area (Å²) in [5, 5.41) is 16.0.